The van der Waals surface area contributed by atoms with E-state index < -0.39 is 73.8 Å². The van der Waals surface area contributed by atoms with Crippen molar-refractivity contribution in [1.82, 2.24) is 30.2 Å². The molecule has 2 aliphatic carbocycles. The predicted molar refractivity (Wildman–Crippen MR) is 221 cm³/mol. The molecule has 60 heavy (non-hydrogen) atoms. The third-order valence-corrected chi connectivity index (χ3v) is 14.5. The van der Waals surface area contributed by atoms with Crippen LogP contribution in [0.15, 0.2) is 53.6 Å². The van der Waals surface area contributed by atoms with Crippen LogP contribution in [-0.4, -0.2) is 94.8 Å². The molecule has 4 amide bonds. The first-order valence-corrected chi connectivity index (χ1v) is 22.2. The van der Waals surface area contributed by atoms with Crippen LogP contribution < -0.4 is 24.8 Å². The standard InChI is InChI=1S/C43H56N6O10S/c1-8-26-17-25(2)11-9-10-12-27-20-43(27,39(52)48-60(54,55)42(6)15-16-42)47-36(50)33-19-29(23-49(33)38(51)35(26)46-40(53)59-41(3,4)5)58-37-30-14-13-28(56-7)18-31(30)32(21-45-37)34-22-44-24-57-34/h10,12-14,18,21-22,24-27,29,33,35H,8-9,11,15-17,19-20,23H2,1-7H3,(H,46,53)(H,47,50)(H,48,52)/b12-10-/t25-,26-,27?,29-,33+,35+,43-/m1/s1. The molecule has 2 aromatic heterocycles. The fraction of sp³-hybridized carbons (Fsp3) is 0.581. The van der Waals surface area contributed by atoms with Gasteiger partial charge >= 0.3 is 6.09 Å². The van der Waals surface area contributed by atoms with Crippen molar-refractivity contribution in [3.63, 3.8) is 0 Å². The fourth-order valence-electron chi connectivity index (χ4n) is 8.37. The summed E-state index contributed by atoms with van der Waals surface area (Å²) in [6, 6.07) is 3.16. The number of nitrogens with zero attached hydrogens (tertiary/aromatic N) is 3. The van der Waals surface area contributed by atoms with Gasteiger partial charge in [-0.1, -0.05) is 32.4 Å². The van der Waals surface area contributed by atoms with Gasteiger partial charge in [0.2, 0.25) is 27.7 Å². The van der Waals surface area contributed by atoms with Gasteiger partial charge in [-0.2, -0.15) is 0 Å². The van der Waals surface area contributed by atoms with Crippen LogP contribution in [0.3, 0.4) is 0 Å². The second-order valence-electron chi connectivity index (χ2n) is 18.0. The third kappa shape index (κ3) is 8.82. The van der Waals surface area contributed by atoms with E-state index in [0.717, 1.165) is 6.42 Å². The number of amides is 4. The second kappa shape index (κ2) is 16.3. The predicted octanol–water partition coefficient (Wildman–Crippen LogP) is 5.42. The number of sulfonamides is 1. The Bertz CT molecular complexity index is 2270. The highest BCUT2D eigenvalue weighted by Gasteiger charge is 2.63. The van der Waals surface area contributed by atoms with E-state index in [-0.39, 0.29) is 37.1 Å². The quantitative estimate of drug-likeness (QED) is 0.231. The lowest BCUT2D eigenvalue weighted by molar-refractivity contribution is -0.142. The van der Waals surface area contributed by atoms with Crippen LogP contribution in [-0.2, 0) is 29.1 Å². The Morgan fingerprint density at radius 3 is 2.55 bits per heavy atom. The number of ether oxygens (including phenoxy) is 3. The number of benzene rings is 1. The Kier molecular flexibility index (Phi) is 11.7. The van der Waals surface area contributed by atoms with Crippen LogP contribution >= 0.6 is 0 Å². The van der Waals surface area contributed by atoms with Gasteiger partial charge in [-0.05, 0) is 96.3 Å². The first-order valence-electron chi connectivity index (χ1n) is 20.7. The zero-order chi connectivity index (χ0) is 43.2. The minimum Gasteiger partial charge on any atom is -0.497 e. The second-order valence-corrected chi connectivity index (χ2v) is 20.2. The maximum Gasteiger partial charge on any atom is 0.408 e. The number of allylic oxidation sites excluding steroid dienone is 1. The Balaban J connectivity index is 1.26. The summed E-state index contributed by atoms with van der Waals surface area (Å²) in [6.07, 6.45) is 10.4. The Morgan fingerprint density at radius 2 is 1.88 bits per heavy atom. The maximum atomic E-state index is 15.1. The van der Waals surface area contributed by atoms with E-state index >= 15 is 4.79 Å². The normalized spacial score (nSPS) is 28.6. The molecule has 1 saturated heterocycles. The summed E-state index contributed by atoms with van der Waals surface area (Å²) in [7, 11) is -2.46. The largest absolute Gasteiger partial charge is 0.497 e. The van der Waals surface area contributed by atoms with Crippen molar-refractivity contribution in [2.45, 2.75) is 127 Å². The average Bonchev–Trinajstić information content (AvgIpc) is 3.95. The Labute approximate surface area is 350 Å². The summed E-state index contributed by atoms with van der Waals surface area (Å²) in [5.41, 5.74) is -1.75. The van der Waals surface area contributed by atoms with E-state index in [2.05, 4.69) is 32.2 Å². The molecule has 7 atom stereocenters. The van der Waals surface area contributed by atoms with Crippen molar-refractivity contribution < 1.29 is 46.2 Å². The minimum absolute atomic E-state index is 0.00167. The van der Waals surface area contributed by atoms with Crippen LogP contribution in [0, 0.1) is 17.8 Å². The monoisotopic (exact) mass is 848 g/mol. The van der Waals surface area contributed by atoms with Gasteiger partial charge in [0.25, 0.3) is 5.91 Å². The van der Waals surface area contributed by atoms with Crippen LogP contribution in [0.1, 0.15) is 92.9 Å². The molecule has 17 heteroatoms. The van der Waals surface area contributed by atoms with Gasteiger partial charge in [-0.3, -0.25) is 19.1 Å². The highest BCUT2D eigenvalue weighted by atomic mass is 32.2. The molecule has 0 spiro atoms. The summed E-state index contributed by atoms with van der Waals surface area (Å²) >= 11 is 0. The number of carbonyl (C=O) groups excluding carboxylic acids is 4. The third-order valence-electron chi connectivity index (χ3n) is 12.3. The van der Waals surface area contributed by atoms with Crippen LogP contribution in [0.2, 0.25) is 0 Å². The molecule has 7 rings (SSSR count). The number of carbonyl (C=O) groups is 4. The van der Waals surface area contributed by atoms with Gasteiger partial charge in [-0.15, -0.1) is 0 Å². The molecule has 0 radical (unpaired) electrons. The van der Waals surface area contributed by atoms with E-state index in [1.165, 1.54) is 11.3 Å². The Morgan fingerprint density at radius 1 is 1.12 bits per heavy atom. The number of hydrogen-bond donors (Lipinski definition) is 3. The van der Waals surface area contributed by atoms with Crippen molar-refractivity contribution in [3.05, 3.63) is 49.1 Å². The molecule has 2 saturated carbocycles. The van der Waals surface area contributed by atoms with Gasteiger partial charge < -0.3 is 34.2 Å². The lowest BCUT2D eigenvalue weighted by Gasteiger charge is -2.34. The van der Waals surface area contributed by atoms with Gasteiger partial charge in [0.1, 0.15) is 35.1 Å². The van der Waals surface area contributed by atoms with Crippen LogP contribution in [0.25, 0.3) is 22.1 Å². The SMILES string of the molecule is CC[C@@H]1C[C@H](C)CC/C=C\C2C[C@@]2(C(=O)NS(=O)(=O)C2(C)CC2)NC(=O)[C@@H]2C[C@@H](Oc3ncc(-c4cnco4)c4cc(OC)ccc34)CN2C(=O)[C@H]1NC(=O)OC(C)(C)C. The minimum atomic E-state index is -4.02. The summed E-state index contributed by atoms with van der Waals surface area (Å²) in [5, 5.41) is 7.10. The zero-order valence-electron chi connectivity index (χ0n) is 35.3. The number of fused-ring (bicyclic) bond motifs is 3. The number of methoxy groups -OCH3 is 1. The summed E-state index contributed by atoms with van der Waals surface area (Å²) < 4.78 is 51.1. The molecule has 1 aromatic carbocycles. The molecule has 3 fully saturated rings. The number of alkyl carbamates (subject to hydrolysis) is 1. The van der Waals surface area contributed by atoms with Crippen molar-refractivity contribution in [1.29, 1.82) is 0 Å². The van der Waals surface area contributed by atoms with E-state index in [1.54, 1.807) is 59.3 Å². The van der Waals surface area contributed by atoms with Gasteiger partial charge in [0.15, 0.2) is 12.2 Å². The molecule has 324 valence electrons. The summed E-state index contributed by atoms with van der Waals surface area (Å²) in [6.45, 7) is 10.8. The number of hydrogen-bond acceptors (Lipinski definition) is 12. The van der Waals surface area contributed by atoms with Crippen LogP contribution in [0.4, 0.5) is 4.79 Å². The molecule has 3 aromatic rings. The van der Waals surface area contributed by atoms with Gasteiger partial charge in [-0.25, -0.2) is 23.2 Å². The maximum absolute atomic E-state index is 15.1. The lowest BCUT2D eigenvalue weighted by Crippen LogP contribution is -2.59. The zero-order valence-corrected chi connectivity index (χ0v) is 36.1. The number of pyridine rings is 1. The van der Waals surface area contributed by atoms with Gasteiger partial charge in [0, 0.05) is 34.9 Å². The van der Waals surface area contributed by atoms with Crippen molar-refractivity contribution in [2.75, 3.05) is 13.7 Å². The van der Waals surface area contributed by atoms with Crippen molar-refractivity contribution >= 4 is 44.6 Å². The van der Waals surface area contributed by atoms with Crippen molar-refractivity contribution in [2.24, 2.45) is 17.8 Å². The lowest BCUT2D eigenvalue weighted by atomic mass is 9.85. The molecule has 4 heterocycles. The van der Waals surface area contributed by atoms with Crippen molar-refractivity contribution in [3.8, 4) is 23.0 Å². The van der Waals surface area contributed by atoms with E-state index in [1.807, 2.05) is 25.1 Å². The van der Waals surface area contributed by atoms with E-state index in [9.17, 15) is 22.8 Å². The smallest absolute Gasteiger partial charge is 0.408 e. The first-order chi connectivity index (χ1) is 28.4. The van der Waals surface area contributed by atoms with Gasteiger partial charge in [0.05, 0.1) is 24.6 Å². The molecule has 2 aliphatic heterocycles. The molecular weight excluding hydrogens is 793 g/mol. The molecular formula is C43H56N6O10S. The number of aromatic nitrogens is 2. The number of rotatable bonds is 9. The van der Waals surface area contributed by atoms with Crippen LogP contribution in [0.5, 0.6) is 11.6 Å². The summed E-state index contributed by atoms with van der Waals surface area (Å²) in [4.78, 5) is 67.3. The molecule has 0 bridgehead atoms. The topological polar surface area (TPSA) is 208 Å². The number of oxazole rings is 1. The highest BCUT2D eigenvalue weighted by Crippen LogP contribution is 2.48. The first kappa shape index (κ1) is 42.9. The Hall–Kier alpha value is -5.19. The highest BCUT2D eigenvalue weighted by molar-refractivity contribution is 7.91. The average molecular weight is 849 g/mol. The summed E-state index contributed by atoms with van der Waals surface area (Å²) in [5.74, 6) is -1.30. The number of nitrogens with one attached hydrogen (secondary N) is 3. The molecule has 1 unspecified atom stereocenters. The molecule has 4 aliphatic rings. The fourth-order valence-corrected chi connectivity index (χ4v) is 9.68. The van der Waals surface area contributed by atoms with E-state index in [0.29, 0.717) is 59.9 Å². The van der Waals surface area contributed by atoms with E-state index in [4.69, 9.17) is 18.6 Å². The molecule has 3 N–H and O–H groups in total. The molecule has 16 nitrogen and oxygen atoms in total.